The van der Waals surface area contributed by atoms with Gasteiger partial charge in [-0.25, -0.2) is 9.59 Å². The molecule has 0 aliphatic carbocycles. The summed E-state index contributed by atoms with van der Waals surface area (Å²) in [7, 11) is 0. The average Bonchev–Trinajstić information content (AvgIpc) is 2.66. The van der Waals surface area contributed by atoms with Crippen molar-refractivity contribution in [2.75, 3.05) is 18.5 Å². The van der Waals surface area contributed by atoms with Crippen LogP contribution in [-0.4, -0.2) is 25.2 Å². The van der Waals surface area contributed by atoms with Gasteiger partial charge in [0.15, 0.2) is 11.3 Å². The molecule has 1 N–H and O–H groups in total. The Bertz CT molecular complexity index is 863. The van der Waals surface area contributed by atoms with Gasteiger partial charge < -0.3 is 19.5 Å². The lowest BCUT2D eigenvalue weighted by Crippen LogP contribution is -2.19. The monoisotopic (exact) mass is 423 g/mol. The number of para-hydroxylation sites is 2. The Morgan fingerprint density at radius 2 is 1.61 bits per heavy atom. The van der Waals surface area contributed by atoms with Gasteiger partial charge in [-0.15, -0.1) is 0 Å². The number of anilines is 1. The molecule has 0 saturated carbocycles. The molecule has 6 nitrogen and oxygen atoms in total. The Morgan fingerprint density at radius 1 is 0.964 bits per heavy atom. The highest BCUT2D eigenvalue weighted by atomic mass is 35.5. The number of hydrogen-bond donors (Lipinski definition) is 1. The second kappa shape index (κ2) is 10.6. The molecule has 2 aromatic carbocycles. The van der Waals surface area contributed by atoms with Crippen molar-refractivity contribution in [3.63, 3.8) is 0 Å². The molecule has 0 fully saturated rings. The molecule has 0 atom stereocenters. The fourth-order valence-corrected chi connectivity index (χ4v) is 2.57. The maximum atomic E-state index is 12.0. The predicted molar refractivity (Wildman–Crippen MR) is 108 cm³/mol. The van der Waals surface area contributed by atoms with E-state index in [2.05, 4.69) is 5.32 Å². The normalized spacial score (nSPS) is 10.0. The van der Waals surface area contributed by atoms with Crippen LogP contribution in [0.3, 0.4) is 0 Å². The minimum absolute atomic E-state index is 0.129. The molecule has 0 bridgehead atoms. The summed E-state index contributed by atoms with van der Waals surface area (Å²) in [6.45, 7) is 3.55. The van der Waals surface area contributed by atoms with Crippen molar-refractivity contribution in [3.05, 3.63) is 64.3 Å². The zero-order valence-corrected chi connectivity index (χ0v) is 16.8. The molecular formula is C20H19Cl2NO5. The van der Waals surface area contributed by atoms with Gasteiger partial charge in [-0.3, -0.25) is 0 Å². The molecule has 2 aromatic rings. The predicted octanol–water partition coefficient (Wildman–Crippen LogP) is 5.21. The van der Waals surface area contributed by atoms with Crippen LogP contribution in [0.25, 0.3) is 0 Å². The van der Waals surface area contributed by atoms with Crippen LogP contribution in [0.4, 0.5) is 5.69 Å². The number of carbonyl (C=O) groups excluding carboxylic acids is 2. The minimum Gasteiger partial charge on any atom is -0.462 e. The Kier molecular flexibility index (Phi) is 8.17. The number of esters is 2. The molecule has 2 rings (SSSR count). The first-order valence-electron chi connectivity index (χ1n) is 8.49. The van der Waals surface area contributed by atoms with Gasteiger partial charge in [0.25, 0.3) is 0 Å². The van der Waals surface area contributed by atoms with Crippen molar-refractivity contribution in [1.82, 2.24) is 0 Å². The Balaban J connectivity index is 2.28. The van der Waals surface area contributed by atoms with Gasteiger partial charge in [0.2, 0.25) is 0 Å². The van der Waals surface area contributed by atoms with Gasteiger partial charge in [0, 0.05) is 11.2 Å². The number of carbonyl (C=O) groups is 2. The number of benzene rings is 2. The fraction of sp³-hybridized carbons (Fsp3) is 0.200. The van der Waals surface area contributed by atoms with Crippen LogP contribution in [0.5, 0.6) is 11.5 Å². The first-order chi connectivity index (χ1) is 13.5. The van der Waals surface area contributed by atoms with E-state index in [4.69, 9.17) is 37.4 Å². The van der Waals surface area contributed by atoms with Crippen LogP contribution in [0.2, 0.25) is 10.0 Å². The highest BCUT2D eigenvalue weighted by Crippen LogP contribution is 2.35. The molecular weight excluding hydrogens is 405 g/mol. The van der Waals surface area contributed by atoms with Gasteiger partial charge >= 0.3 is 11.9 Å². The van der Waals surface area contributed by atoms with Crippen LogP contribution >= 0.6 is 23.2 Å². The van der Waals surface area contributed by atoms with E-state index in [1.807, 2.05) is 0 Å². The maximum absolute atomic E-state index is 12.0. The topological polar surface area (TPSA) is 73.9 Å². The van der Waals surface area contributed by atoms with E-state index in [-0.39, 0.29) is 18.8 Å². The molecule has 28 heavy (non-hydrogen) atoms. The zero-order chi connectivity index (χ0) is 20.5. The van der Waals surface area contributed by atoms with E-state index >= 15 is 0 Å². The van der Waals surface area contributed by atoms with Gasteiger partial charge in [-0.05, 0) is 44.2 Å². The second-order valence-corrected chi connectivity index (χ2v) is 6.16. The van der Waals surface area contributed by atoms with Crippen molar-refractivity contribution in [1.29, 1.82) is 0 Å². The zero-order valence-electron chi connectivity index (χ0n) is 15.3. The quantitative estimate of drug-likeness (QED) is 0.272. The summed E-state index contributed by atoms with van der Waals surface area (Å²) in [5.41, 5.74) is 0.239. The first kappa shape index (κ1) is 21.6. The van der Waals surface area contributed by atoms with Crippen LogP contribution in [0.15, 0.2) is 54.2 Å². The largest absolute Gasteiger partial charge is 0.462 e. The third-order valence-corrected chi connectivity index (χ3v) is 3.89. The molecule has 0 aliphatic rings. The summed E-state index contributed by atoms with van der Waals surface area (Å²) in [6, 6.07) is 11.8. The van der Waals surface area contributed by atoms with E-state index in [1.165, 1.54) is 6.20 Å². The van der Waals surface area contributed by atoms with E-state index in [0.29, 0.717) is 27.2 Å². The summed E-state index contributed by atoms with van der Waals surface area (Å²) in [5.74, 6) is -0.740. The Morgan fingerprint density at radius 3 is 2.21 bits per heavy atom. The molecule has 8 heteroatoms. The number of nitrogens with one attached hydrogen (secondary N) is 1. The van der Waals surface area contributed by atoms with Crippen molar-refractivity contribution in [2.45, 2.75) is 13.8 Å². The van der Waals surface area contributed by atoms with Crippen LogP contribution in [0.1, 0.15) is 13.8 Å². The van der Waals surface area contributed by atoms with Crippen molar-refractivity contribution < 1.29 is 23.8 Å². The summed E-state index contributed by atoms with van der Waals surface area (Å²) in [5, 5.41) is 3.72. The van der Waals surface area contributed by atoms with Gasteiger partial charge in [-0.1, -0.05) is 35.3 Å². The molecule has 0 saturated heterocycles. The second-order valence-electron chi connectivity index (χ2n) is 5.32. The highest BCUT2D eigenvalue weighted by molar-refractivity contribution is 6.35. The molecule has 0 unspecified atom stereocenters. The van der Waals surface area contributed by atoms with E-state index in [1.54, 1.807) is 56.3 Å². The molecule has 0 spiro atoms. The van der Waals surface area contributed by atoms with Crippen molar-refractivity contribution in [3.8, 4) is 11.5 Å². The smallest absolute Gasteiger partial charge is 0.347 e. The fourth-order valence-electron chi connectivity index (χ4n) is 2.12. The third-order valence-electron chi connectivity index (χ3n) is 3.36. The standard InChI is InChI=1S/C20H19Cl2NO5/c1-3-26-19(24)14(20(25)27-4-2)12-23-16-7-5-6-8-18(16)28-17-10-9-13(21)11-15(17)22/h5-12,23H,3-4H2,1-2H3. The average molecular weight is 424 g/mol. The summed E-state index contributed by atoms with van der Waals surface area (Å²) >= 11 is 12.0. The van der Waals surface area contributed by atoms with E-state index in [0.717, 1.165) is 0 Å². The van der Waals surface area contributed by atoms with Gasteiger partial charge in [0.05, 0.1) is 23.9 Å². The molecule has 0 radical (unpaired) electrons. The summed E-state index contributed by atoms with van der Waals surface area (Å²) in [4.78, 5) is 24.1. The number of hydrogen-bond acceptors (Lipinski definition) is 6. The van der Waals surface area contributed by atoms with Crippen LogP contribution in [0, 0.1) is 0 Å². The lowest BCUT2D eigenvalue weighted by molar-refractivity contribution is -0.146. The van der Waals surface area contributed by atoms with Crippen LogP contribution < -0.4 is 10.1 Å². The Labute approximate surface area is 173 Å². The summed E-state index contributed by atoms with van der Waals surface area (Å²) in [6.07, 6.45) is 1.22. The first-order valence-corrected chi connectivity index (χ1v) is 9.24. The lowest BCUT2D eigenvalue weighted by Gasteiger charge is -2.13. The Hall–Kier alpha value is -2.70. The van der Waals surface area contributed by atoms with Crippen molar-refractivity contribution >= 4 is 40.8 Å². The third kappa shape index (κ3) is 5.90. The van der Waals surface area contributed by atoms with Gasteiger partial charge in [-0.2, -0.15) is 0 Å². The lowest BCUT2D eigenvalue weighted by atomic mass is 10.2. The number of halogens is 2. The van der Waals surface area contributed by atoms with Crippen LogP contribution in [-0.2, 0) is 19.1 Å². The molecule has 0 amide bonds. The number of ether oxygens (including phenoxy) is 3. The summed E-state index contributed by atoms with van der Waals surface area (Å²) < 4.78 is 15.6. The highest BCUT2D eigenvalue weighted by Gasteiger charge is 2.21. The molecule has 0 heterocycles. The SMILES string of the molecule is CCOC(=O)C(=CNc1ccccc1Oc1ccc(Cl)cc1Cl)C(=O)OCC. The van der Waals surface area contributed by atoms with E-state index < -0.39 is 11.9 Å². The maximum Gasteiger partial charge on any atom is 0.347 e. The van der Waals surface area contributed by atoms with Gasteiger partial charge in [0.1, 0.15) is 5.75 Å². The molecule has 148 valence electrons. The molecule has 0 aliphatic heterocycles. The number of rotatable bonds is 8. The van der Waals surface area contributed by atoms with E-state index in [9.17, 15) is 9.59 Å². The molecule has 0 aromatic heterocycles. The minimum atomic E-state index is -0.785. The van der Waals surface area contributed by atoms with Crippen molar-refractivity contribution in [2.24, 2.45) is 0 Å².